The van der Waals surface area contributed by atoms with E-state index in [1.807, 2.05) is 35.7 Å². The Labute approximate surface area is 141 Å². The number of hydrogen-bond acceptors (Lipinski definition) is 3. The molecule has 3 rings (SSSR count). The van der Waals surface area contributed by atoms with Crippen LogP contribution in [0.1, 0.15) is 20.5 Å². The highest BCUT2D eigenvalue weighted by molar-refractivity contribution is 8.19. The third-order valence-corrected chi connectivity index (χ3v) is 6.58. The summed E-state index contributed by atoms with van der Waals surface area (Å²) in [6, 6.07) is 11.5. The molecule has 0 aliphatic carbocycles. The fourth-order valence-electron chi connectivity index (χ4n) is 2.13. The van der Waals surface area contributed by atoms with Crippen molar-refractivity contribution in [3.63, 3.8) is 0 Å². The highest BCUT2D eigenvalue weighted by atomic mass is 35.5. The van der Waals surface area contributed by atoms with Crippen LogP contribution in [0.25, 0.3) is 0 Å². The van der Waals surface area contributed by atoms with Gasteiger partial charge in [-0.1, -0.05) is 23.7 Å². The highest BCUT2D eigenvalue weighted by Gasteiger charge is 2.18. The van der Waals surface area contributed by atoms with Gasteiger partial charge in [0.25, 0.3) is 5.91 Å². The number of halogens is 2. The minimum absolute atomic E-state index is 0.0866. The second-order valence-electron chi connectivity index (χ2n) is 4.77. The van der Waals surface area contributed by atoms with Crippen LogP contribution in [0, 0.1) is 5.82 Å². The SMILES string of the molecule is O=C(Nc1cc(Cl)ccc1F)c1ccc(C2SCCS2)cc1. The second-order valence-corrected chi connectivity index (χ2v) is 7.93. The summed E-state index contributed by atoms with van der Waals surface area (Å²) in [6.07, 6.45) is 0. The van der Waals surface area contributed by atoms with Crippen molar-refractivity contribution in [1.82, 2.24) is 0 Å². The van der Waals surface area contributed by atoms with E-state index in [1.54, 1.807) is 12.1 Å². The summed E-state index contributed by atoms with van der Waals surface area (Å²) >= 11 is 9.65. The Balaban J connectivity index is 1.73. The third-order valence-electron chi connectivity index (χ3n) is 3.24. The first-order valence-corrected chi connectivity index (χ1v) is 9.20. The van der Waals surface area contributed by atoms with Crippen LogP contribution in [0.3, 0.4) is 0 Å². The van der Waals surface area contributed by atoms with Crippen LogP contribution < -0.4 is 5.32 Å². The average Bonchev–Trinajstić information content (AvgIpc) is 3.05. The van der Waals surface area contributed by atoms with Gasteiger partial charge in [-0.25, -0.2) is 4.39 Å². The van der Waals surface area contributed by atoms with Crippen LogP contribution in [0.2, 0.25) is 5.02 Å². The van der Waals surface area contributed by atoms with Crippen molar-refractivity contribution in [2.75, 3.05) is 16.8 Å². The molecule has 2 aromatic rings. The standard InChI is InChI=1S/C16H13ClFNOS2/c17-12-5-6-13(18)14(9-12)19-15(20)10-1-3-11(4-2-10)16-21-7-8-22-16/h1-6,9,16H,7-8H2,(H,19,20). The Bertz CT molecular complexity index is 687. The van der Waals surface area contributed by atoms with Crippen LogP contribution in [-0.4, -0.2) is 17.4 Å². The van der Waals surface area contributed by atoms with Crippen LogP contribution >= 0.6 is 35.1 Å². The lowest BCUT2D eigenvalue weighted by Gasteiger charge is -2.10. The van der Waals surface area contributed by atoms with Crippen molar-refractivity contribution in [1.29, 1.82) is 0 Å². The molecule has 0 aromatic heterocycles. The molecule has 1 saturated heterocycles. The van der Waals surface area contributed by atoms with E-state index in [2.05, 4.69) is 5.32 Å². The lowest BCUT2D eigenvalue weighted by atomic mass is 10.1. The zero-order valence-corrected chi connectivity index (χ0v) is 13.9. The van der Waals surface area contributed by atoms with Gasteiger partial charge in [0.05, 0.1) is 10.3 Å². The number of carbonyl (C=O) groups excluding carboxylic acids is 1. The van der Waals surface area contributed by atoms with Gasteiger partial charge in [-0.15, -0.1) is 23.5 Å². The maximum atomic E-state index is 13.6. The van der Waals surface area contributed by atoms with E-state index < -0.39 is 5.82 Å². The van der Waals surface area contributed by atoms with E-state index in [-0.39, 0.29) is 11.6 Å². The molecule has 0 radical (unpaired) electrons. The monoisotopic (exact) mass is 353 g/mol. The Kier molecular flexibility index (Phi) is 4.96. The summed E-state index contributed by atoms with van der Waals surface area (Å²) in [5, 5.41) is 2.92. The van der Waals surface area contributed by atoms with E-state index >= 15 is 0 Å². The van der Waals surface area contributed by atoms with Crippen molar-refractivity contribution in [3.8, 4) is 0 Å². The maximum absolute atomic E-state index is 13.6. The summed E-state index contributed by atoms with van der Waals surface area (Å²) in [5.41, 5.74) is 1.79. The summed E-state index contributed by atoms with van der Waals surface area (Å²) < 4.78 is 14.1. The smallest absolute Gasteiger partial charge is 0.255 e. The van der Waals surface area contributed by atoms with E-state index in [9.17, 15) is 9.18 Å². The Morgan fingerprint density at radius 1 is 1.14 bits per heavy atom. The van der Waals surface area contributed by atoms with Crippen molar-refractivity contribution in [3.05, 3.63) is 64.4 Å². The third kappa shape index (κ3) is 3.59. The normalized spacial score (nSPS) is 15.0. The van der Waals surface area contributed by atoms with Gasteiger partial charge < -0.3 is 5.32 Å². The molecule has 1 N–H and O–H groups in total. The molecule has 0 atom stereocenters. The molecule has 1 amide bonds. The lowest BCUT2D eigenvalue weighted by molar-refractivity contribution is 0.102. The van der Waals surface area contributed by atoms with Gasteiger partial charge in [0.2, 0.25) is 0 Å². The number of anilines is 1. The minimum atomic E-state index is -0.506. The van der Waals surface area contributed by atoms with Gasteiger partial charge in [-0.05, 0) is 35.9 Å². The lowest BCUT2D eigenvalue weighted by Crippen LogP contribution is -2.13. The Morgan fingerprint density at radius 2 is 1.82 bits per heavy atom. The number of hydrogen-bond donors (Lipinski definition) is 1. The topological polar surface area (TPSA) is 29.1 Å². The van der Waals surface area contributed by atoms with Crippen molar-refractivity contribution < 1.29 is 9.18 Å². The molecule has 1 heterocycles. The molecule has 0 unspecified atom stereocenters. The molecular weight excluding hydrogens is 341 g/mol. The molecular formula is C16H13ClFNOS2. The van der Waals surface area contributed by atoms with E-state index in [1.165, 1.54) is 23.8 Å². The fraction of sp³-hybridized carbons (Fsp3) is 0.188. The molecule has 0 bridgehead atoms. The van der Waals surface area contributed by atoms with Crippen molar-refractivity contribution in [2.45, 2.75) is 4.58 Å². The first-order valence-electron chi connectivity index (χ1n) is 6.73. The van der Waals surface area contributed by atoms with Gasteiger partial charge in [0.15, 0.2) is 0 Å². The molecule has 114 valence electrons. The largest absolute Gasteiger partial charge is 0.319 e. The molecule has 1 fully saturated rings. The minimum Gasteiger partial charge on any atom is -0.319 e. The number of nitrogens with one attached hydrogen (secondary N) is 1. The summed E-state index contributed by atoms with van der Waals surface area (Å²) in [7, 11) is 0. The average molecular weight is 354 g/mol. The van der Waals surface area contributed by atoms with Crippen LogP contribution in [0.4, 0.5) is 10.1 Å². The highest BCUT2D eigenvalue weighted by Crippen LogP contribution is 2.45. The van der Waals surface area contributed by atoms with Crippen LogP contribution in [0.15, 0.2) is 42.5 Å². The summed E-state index contributed by atoms with van der Waals surface area (Å²) in [5.74, 6) is 1.46. The van der Waals surface area contributed by atoms with Crippen molar-refractivity contribution in [2.24, 2.45) is 0 Å². The number of rotatable bonds is 3. The molecule has 2 aromatic carbocycles. The first-order chi connectivity index (χ1) is 10.6. The van der Waals surface area contributed by atoms with Gasteiger partial charge in [-0.2, -0.15) is 0 Å². The zero-order valence-electron chi connectivity index (χ0n) is 11.5. The predicted octanol–water partition coefficient (Wildman–Crippen LogP) is 5.21. The number of benzene rings is 2. The fourth-order valence-corrected chi connectivity index (χ4v) is 5.16. The van der Waals surface area contributed by atoms with Crippen molar-refractivity contribution >= 4 is 46.7 Å². The van der Waals surface area contributed by atoms with Crippen LogP contribution in [0.5, 0.6) is 0 Å². The summed E-state index contributed by atoms with van der Waals surface area (Å²) in [4.78, 5) is 12.2. The van der Waals surface area contributed by atoms with Gasteiger partial charge in [-0.3, -0.25) is 4.79 Å². The Hall–Kier alpha value is -1.17. The quantitative estimate of drug-likeness (QED) is 0.821. The van der Waals surface area contributed by atoms with E-state index in [0.29, 0.717) is 15.2 Å². The number of thioether (sulfide) groups is 2. The second kappa shape index (κ2) is 6.94. The summed E-state index contributed by atoms with van der Waals surface area (Å²) in [6.45, 7) is 0. The molecule has 22 heavy (non-hydrogen) atoms. The van der Waals surface area contributed by atoms with Gasteiger partial charge in [0, 0.05) is 22.1 Å². The molecule has 2 nitrogen and oxygen atoms in total. The molecule has 1 aliphatic rings. The Morgan fingerprint density at radius 3 is 2.50 bits per heavy atom. The molecule has 0 spiro atoms. The predicted molar refractivity (Wildman–Crippen MR) is 93.5 cm³/mol. The first kappa shape index (κ1) is 15.7. The number of amides is 1. The molecule has 6 heteroatoms. The van der Waals surface area contributed by atoms with Gasteiger partial charge >= 0.3 is 0 Å². The molecule has 0 saturated carbocycles. The van der Waals surface area contributed by atoms with Crippen LogP contribution in [-0.2, 0) is 0 Å². The van der Waals surface area contributed by atoms with Gasteiger partial charge in [0.1, 0.15) is 5.82 Å². The number of carbonyl (C=O) groups is 1. The van der Waals surface area contributed by atoms with E-state index in [4.69, 9.17) is 11.6 Å². The molecule has 1 aliphatic heterocycles. The van der Waals surface area contributed by atoms with E-state index in [0.717, 1.165) is 11.5 Å². The zero-order chi connectivity index (χ0) is 15.5. The maximum Gasteiger partial charge on any atom is 0.255 e.